The van der Waals surface area contributed by atoms with E-state index in [2.05, 4.69) is 5.32 Å². The predicted molar refractivity (Wildman–Crippen MR) is 129 cm³/mol. The summed E-state index contributed by atoms with van der Waals surface area (Å²) >= 11 is 0. The quantitative estimate of drug-likeness (QED) is 0.601. The van der Waals surface area contributed by atoms with Crippen LogP contribution in [0.1, 0.15) is 42.7 Å². The number of Topliss-reactive ketones (excluding diaryl/α,β-unsaturated/α-hetero) is 1. The Morgan fingerprint density at radius 1 is 0.914 bits per heavy atom. The van der Waals surface area contributed by atoms with Crippen molar-refractivity contribution in [3.8, 4) is 23.0 Å². The number of phenolic OH excluding ortho intramolecular Hbond substituents is 1. The van der Waals surface area contributed by atoms with E-state index in [1.54, 1.807) is 33.3 Å². The summed E-state index contributed by atoms with van der Waals surface area (Å²) in [6.07, 6.45) is 0.836. The largest absolute Gasteiger partial charge is 0.504 e. The maximum absolute atomic E-state index is 13.6. The van der Waals surface area contributed by atoms with Crippen LogP contribution in [0.15, 0.2) is 58.9 Å². The Balaban J connectivity index is 1.79. The fourth-order valence-corrected chi connectivity index (χ4v) is 4.98. The normalized spacial score (nSPS) is 19.6. The minimum absolute atomic E-state index is 0.0704. The Kier molecular flexibility index (Phi) is 6.73. The SMILES string of the molecule is COC(=O)C1=C(C)NC2=C(C(=O)C[C@@H](c3ccc(OC)c(OC)c3)C2)[C@H]1c1ccc(OC)c(O)c1. The molecule has 1 aliphatic carbocycles. The first-order valence-corrected chi connectivity index (χ1v) is 11.2. The smallest absolute Gasteiger partial charge is 0.336 e. The molecule has 184 valence electrons. The van der Waals surface area contributed by atoms with Crippen molar-refractivity contribution in [2.75, 3.05) is 28.4 Å². The molecule has 0 fully saturated rings. The third kappa shape index (κ3) is 4.32. The number of allylic oxidation sites excluding steroid dienone is 3. The van der Waals surface area contributed by atoms with E-state index in [1.807, 2.05) is 18.2 Å². The molecule has 0 spiro atoms. The second-order valence-electron chi connectivity index (χ2n) is 8.55. The number of rotatable bonds is 6. The van der Waals surface area contributed by atoms with Crippen molar-refractivity contribution in [2.45, 2.75) is 31.6 Å². The van der Waals surface area contributed by atoms with Crippen LogP contribution < -0.4 is 19.5 Å². The zero-order valence-corrected chi connectivity index (χ0v) is 20.4. The number of benzene rings is 2. The second-order valence-corrected chi connectivity index (χ2v) is 8.55. The highest BCUT2D eigenvalue weighted by Gasteiger charge is 2.41. The van der Waals surface area contributed by atoms with Crippen LogP contribution in [0.25, 0.3) is 0 Å². The van der Waals surface area contributed by atoms with Gasteiger partial charge in [-0.05, 0) is 54.7 Å². The van der Waals surface area contributed by atoms with E-state index < -0.39 is 11.9 Å². The number of dihydropyridines is 1. The van der Waals surface area contributed by atoms with Gasteiger partial charge in [0.1, 0.15) is 0 Å². The Morgan fingerprint density at radius 2 is 1.57 bits per heavy atom. The van der Waals surface area contributed by atoms with E-state index in [9.17, 15) is 14.7 Å². The lowest BCUT2D eigenvalue weighted by atomic mass is 9.71. The number of hydrogen-bond donors (Lipinski definition) is 2. The average Bonchev–Trinajstić information content (AvgIpc) is 2.86. The first-order valence-electron chi connectivity index (χ1n) is 11.2. The summed E-state index contributed by atoms with van der Waals surface area (Å²) in [5.74, 6) is 0.101. The van der Waals surface area contributed by atoms with E-state index in [-0.39, 0.29) is 23.9 Å². The molecule has 0 unspecified atom stereocenters. The highest BCUT2D eigenvalue weighted by atomic mass is 16.5. The molecular weight excluding hydrogens is 450 g/mol. The molecule has 0 bridgehead atoms. The average molecular weight is 480 g/mol. The van der Waals surface area contributed by atoms with E-state index in [0.29, 0.717) is 46.1 Å². The number of carbonyl (C=O) groups excluding carboxylic acids is 2. The number of carbonyl (C=O) groups is 2. The lowest BCUT2D eigenvalue weighted by molar-refractivity contribution is -0.136. The summed E-state index contributed by atoms with van der Waals surface area (Å²) < 4.78 is 21.0. The first kappa shape index (κ1) is 24.2. The lowest BCUT2D eigenvalue weighted by Crippen LogP contribution is -2.36. The molecule has 0 radical (unpaired) electrons. The third-order valence-electron chi connectivity index (χ3n) is 6.65. The van der Waals surface area contributed by atoms with Gasteiger partial charge in [0.25, 0.3) is 0 Å². The van der Waals surface area contributed by atoms with Crippen LogP contribution in [0.4, 0.5) is 0 Å². The molecule has 2 aliphatic rings. The van der Waals surface area contributed by atoms with Gasteiger partial charge < -0.3 is 29.4 Å². The van der Waals surface area contributed by atoms with Gasteiger partial charge in [-0.25, -0.2) is 4.79 Å². The molecule has 8 heteroatoms. The highest BCUT2D eigenvalue weighted by molar-refractivity contribution is 6.04. The number of hydrogen-bond acceptors (Lipinski definition) is 8. The number of aromatic hydroxyl groups is 1. The van der Waals surface area contributed by atoms with Crippen molar-refractivity contribution in [3.63, 3.8) is 0 Å². The van der Waals surface area contributed by atoms with Crippen LogP contribution in [0, 0.1) is 0 Å². The first-order chi connectivity index (χ1) is 16.8. The molecule has 0 saturated heterocycles. The molecule has 2 atom stereocenters. The maximum Gasteiger partial charge on any atom is 0.336 e. The molecular formula is C27H29NO7. The van der Waals surface area contributed by atoms with Gasteiger partial charge in [0.2, 0.25) is 0 Å². The lowest BCUT2D eigenvalue weighted by Gasteiger charge is -2.36. The Bertz CT molecular complexity index is 1240. The van der Waals surface area contributed by atoms with Crippen molar-refractivity contribution in [2.24, 2.45) is 0 Å². The Labute approximate surface area is 204 Å². The van der Waals surface area contributed by atoms with Crippen LogP contribution in [0.5, 0.6) is 23.0 Å². The standard InChI is InChI=1S/C27H29NO7/c1-14-24(27(31)35-5)25(16-7-8-21(32-2)19(29)11-16)26-18(28-14)10-17(12-20(26)30)15-6-9-22(33-3)23(13-15)34-4/h6-9,11,13,17,25,28-29H,10,12H2,1-5H3/t17-,25-/m0/s1. The van der Waals surface area contributed by atoms with Gasteiger partial charge in [-0.2, -0.15) is 0 Å². The topological polar surface area (TPSA) is 103 Å². The molecule has 2 N–H and O–H groups in total. The minimum atomic E-state index is -0.672. The molecule has 8 nitrogen and oxygen atoms in total. The number of nitrogens with one attached hydrogen (secondary N) is 1. The zero-order valence-electron chi connectivity index (χ0n) is 20.4. The molecule has 0 saturated carbocycles. The second kappa shape index (κ2) is 9.74. The predicted octanol–water partition coefficient (Wildman–Crippen LogP) is 3.95. The van der Waals surface area contributed by atoms with Gasteiger partial charge >= 0.3 is 5.97 Å². The van der Waals surface area contributed by atoms with Crippen LogP contribution in [-0.2, 0) is 14.3 Å². The molecule has 35 heavy (non-hydrogen) atoms. The molecule has 1 aliphatic heterocycles. The third-order valence-corrected chi connectivity index (χ3v) is 6.65. The van der Waals surface area contributed by atoms with Crippen molar-refractivity contribution in [1.82, 2.24) is 5.32 Å². The number of ketones is 1. The number of phenols is 1. The molecule has 0 aromatic heterocycles. The van der Waals surface area contributed by atoms with Gasteiger partial charge in [0.05, 0.1) is 34.0 Å². The summed E-state index contributed by atoms with van der Waals surface area (Å²) in [6.45, 7) is 1.79. The van der Waals surface area contributed by atoms with E-state index in [0.717, 1.165) is 11.3 Å². The van der Waals surface area contributed by atoms with Gasteiger partial charge in [0.15, 0.2) is 28.8 Å². The van der Waals surface area contributed by atoms with E-state index in [1.165, 1.54) is 20.3 Å². The summed E-state index contributed by atoms with van der Waals surface area (Å²) in [5, 5.41) is 13.7. The van der Waals surface area contributed by atoms with Gasteiger partial charge in [0, 0.05) is 29.3 Å². The number of ether oxygens (including phenoxy) is 4. The summed E-state index contributed by atoms with van der Waals surface area (Å²) in [6, 6.07) is 10.6. The van der Waals surface area contributed by atoms with Crippen molar-refractivity contribution >= 4 is 11.8 Å². The van der Waals surface area contributed by atoms with Crippen LogP contribution in [0.2, 0.25) is 0 Å². The van der Waals surface area contributed by atoms with E-state index in [4.69, 9.17) is 18.9 Å². The van der Waals surface area contributed by atoms with Crippen molar-refractivity contribution in [1.29, 1.82) is 0 Å². The number of esters is 1. The highest BCUT2D eigenvalue weighted by Crippen LogP contribution is 2.47. The molecule has 2 aromatic carbocycles. The minimum Gasteiger partial charge on any atom is -0.504 e. The number of methoxy groups -OCH3 is 4. The van der Waals surface area contributed by atoms with Gasteiger partial charge in [-0.1, -0.05) is 12.1 Å². The molecule has 1 heterocycles. The molecule has 0 amide bonds. The summed E-state index contributed by atoms with van der Waals surface area (Å²) in [7, 11) is 5.93. The fourth-order valence-electron chi connectivity index (χ4n) is 4.98. The van der Waals surface area contributed by atoms with Crippen LogP contribution in [-0.4, -0.2) is 45.3 Å². The van der Waals surface area contributed by atoms with Crippen LogP contribution in [0.3, 0.4) is 0 Å². The Hall–Kier alpha value is -3.94. The van der Waals surface area contributed by atoms with Crippen LogP contribution >= 0.6 is 0 Å². The van der Waals surface area contributed by atoms with Gasteiger partial charge in [-0.3, -0.25) is 4.79 Å². The van der Waals surface area contributed by atoms with Gasteiger partial charge in [-0.15, -0.1) is 0 Å². The Morgan fingerprint density at radius 3 is 2.20 bits per heavy atom. The van der Waals surface area contributed by atoms with E-state index >= 15 is 0 Å². The summed E-state index contributed by atoms with van der Waals surface area (Å²) in [4.78, 5) is 26.4. The fraction of sp³-hybridized carbons (Fsp3) is 0.333. The molecule has 4 rings (SSSR count). The van der Waals surface area contributed by atoms with Crippen molar-refractivity contribution in [3.05, 3.63) is 70.1 Å². The summed E-state index contributed by atoms with van der Waals surface area (Å²) in [5.41, 5.74) is 3.78. The van der Waals surface area contributed by atoms with Crippen molar-refractivity contribution < 1.29 is 33.6 Å². The molecule has 2 aromatic rings. The maximum atomic E-state index is 13.6. The monoisotopic (exact) mass is 479 g/mol. The zero-order chi connectivity index (χ0) is 25.3.